The molecule has 1 aromatic carbocycles. The zero-order valence-corrected chi connectivity index (χ0v) is 27.4. The molecule has 0 radical (unpaired) electrons. The molecule has 1 saturated carbocycles. The number of carbonyl (C=O) groups excluding carboxylic acids is 1. The Labute approximate surface area is 262 Å². The summed E-state index contributed by atoms with van der Waals surface area (Å²) in [5.74, 6) is 1.49. The van der Waals surface area contributed by atoms with E-state index in [1.54, 1.807) is 12.1 Å². The number of halogens is 4. The van der Waals surface area contributed by atoms with Gasteiger partial charge in [0.2, 0.25) is 0 Å². The third kappa shape index (κ3) is 11.7. The Morgan fingerprint density at radius 3 is 2.10 bits per heavy atom. The molecule has 4 rings (SSSR count). The number of piperazine rings is 1. The number of benzene rings is 1. The maximum atomic E-state index is 13.7. The van der Waals surface area contributed by atoms with Crippen molar-refractivity contribution in [3.05, 3.63) is 35.6 Å². The van der Waals surface area contributed by atoms with Crippen LogP contribution in [-0.4, -0.2) is 72.3 Å². The van der Waals surface area contributed by atoms with Crippen molar-refractivity contribution in [1.82, 2.24) is 14.7 Å². The van der Waals surface area contributed by atoms with Gasteiger partial charge in [0.05, 0.1) is 0 Å². The summed E-state index contributed by atoms with van der Waals surface area (Å²) < 4.78 is 13.7. The van der Waals surface area contributed by atoms with Crippen LogP contribution in [0.4, 0.5) is 4.39 Å². The summed E-state index contributed by atoms with van der Waals surface area (Å²) in [4.78, 5) is 20.7. The second-order valence-electron chi connectivity index (χ2n) is 12.4. The minimum atomic E-state index is -0.160. The molecule has 232 valence electrons. The Morgan fingerprint density at radius 1 is 0.850 bits per heavy atom. The number of ketones is 1. The lowest BCUT2D eigenvalue weighted by molar-refractivity contribution is -0.123. The standard InChI is InChI=1S/C32H52FN3O.3ClH/c1-26(2)35-20-16-27(17-21-35)18-22-36-24-23-34(25-31(36)28-12-14-30(33)15-13-28)19-8-11-32(37)29-9-6-4-3-5-7-10-29;;;/h12-15,26-27,29,31H,3-11,16-25H2,1-2H3;3*1H. The molecule has 3 aliphatic rings. The third-order valence-corrected chi connectivity index (χ3v) is 9.49. The van der Waals surface area contributed by atoms with Gasteiger partial charge in [-0.25, -0.2) is 4.39 Å². The van der Waals surface area contributed by atoms with E-state index in [2.05, 4.69) is 28.5 Å². The van der Waals surface area contributed by atoms with E-state index in [1.165, 1.54) is 70.0 Å². The zero-order valence-electron chi connectivity index (χ0n) is 24.9. The molecule has 40 heavy (non-hydrogen) atoms. The quantitative estimate of drug-likeness (QED) is 0.264. The minimum absolute atomic E-state index is 0. The van der Waals surface area contributed by atoms with Gasteiger partial charge in [0.1, 0.15) is 11.6 Å². The number of hydrogen-bond acceptors (Lipinski definition) is 4. The van der Waals surface area contributed by atoms with Gasteiger partial charge >= 0.3 is 0 Å². The van der Waals surface area contributed by atoms with E-state index in [1.807, 2.05) is 12.1 Å². The molecular weight excluding hydrogens is 568 g/mol. The first-order valence-electron chi connectivity index (χ1n) is 15.5. The van der Waals surface area contributed by atoms with Gasteiger partial charge in [0.15, 0.2) is 0 Å². The first-order valence-corrected chi connectivity index (χ1v) is 15.5. The molecule has 0 bridgehead atoms. The summed E-state index contributed by atoms with van der Waals surface area (Å²) in [6, 6.07) is 8.16. The molecule has 0 amide bonds. The van der Waals surface area contributed by atoms with Gasteiger partial charge in [-0.05, 0) is 102 Å². The van der Waals surface area contributed by atoms with Gasteiger partial charge in [-0.1, -0.05) is 44.2 Å². The summed E-state index contributed by atoms with van der Waals surface area (Å²) in [5, 5.41) is 0. The number of hydrogen-bond donors (Lipinski definition) is 0. The fourth-order valence-electron chi connectivity index (χ4n) is 6.91. The Hall–Kier alpha value is -0.430. The molecular formula is C32H55Cl3FN3O. The first kappa shape index (κ1) is 37.6. The molecule has 0 aromatic heterocycles. The first-order chi connectivity index (χ1) is 18.0. The molecule has 1 unspecified atom stereocenters. The summed E-state index contributed by atoms with van der Waals surface area (Å²) in [5.41, 5.74) is 1.23. The van der Waals surface area contributed by atoms with Crippen LogP contribution in [0.25, 0.3) is 0 Å². The van der Waals surface area contributed by atoms with Crippen LogP contribution >= 0.6 is 37.2 Å². The van der Waals surface area contributed by atoms with Crippen LogP contribution in [0, 0.1) is 17.7 Å². The van der Waals surface area contributed by atoms with Crippen LogP contribution in [0.2, 0.25) is 0 Å². The lowest BCUT2D eigenvalue weighted by atomic mass is 9.86. The lowest BCUT2D eigenvalue weighted by Gasteiger charge is -2.43. The van der Waals surface area contributed by atoms with Crippen molar-refractivity contribution in [1.29, 1.82) is 0 Å². The summed E-state index contributed by atoms with van der Waals surface area (Å²) in [6.45, 7) is 12.3. The van der Waals surface area contributed by atoms with E-state index >= 15 is 0 Å². The Bertz CT molecular complexity index is 812. The molecule has 4 nitrogen and oxygen atoms in total. The normalized spacial score (nSPS) is 22.4. The van der Waals surface area contributed by atoms with E-state index in [9.17, 15) is 9.18 Å². The molecule has 1 atom stereocenters. The van der Waals surface area contributed by atoms with Crippen molar-refractivity contribution in [2.45, 2.75) is 103 Å². The molecule has 1 aliphatic carbocycles. The topological polar surface area (TPSA) is 26.8 Å². The second-order valence-corrected chi connectivity index (χ2v) is 12.4. The predicted molar refractivity (Wildman–Crippen MR) is 173 cm³/mol. The predicted octanol–water partition coefficient (Wildman–Crippen LogP) is 7.97. The molecule has 1 aromatic rings. The smallest absolute Gasteiger partial charge is 0.136 e. The molecule has 0 N–H and O–H groups in total. The monoisotopic (exact) mass is 621 g/mol. The van der Waals surface area contributed by atoms with Crippen molar-refractivity contribution < 1.29 is 9.18 Å². The largest absolute Gasteiger partial charge is 0.301 e. The van der Waals surface area contributed by atoms with Crippen molar-refractivity contribution in [2.75, 3.05) is 45.8 Å². The number of Topliss-reactive ketones (excluding diaryl/α,β-unsaturated/α-hetero) is 1. The number of rotatable bonds is 10. The summed E-state index contributed by atoms with van der Waals surface area (Å²) in [7, 11) is 0. The number of carbonyl (C=O) groups is 1. The fraction of sp³-hybridized carbons (Fsp3) is 0.781. The third-order valence-electron chi connectivity index (χ3n) is 9.49. The summed E-state index contributed by atoms with van der Waals surface area (Å²) in [6.07, 6.45) is 14.2. The number of likely N-dealkylation sites (tertiary alicyclic amines) is 1. The van der Waals surface area contributed by atoms with Crippen molar-refractivity contribution >= 4 is 43.0 Å². The van der Waals surface area contributed by atoms with Crippen LogP contribution in [0.3, 0.4) is 0 Å². The van der Waals surface area contributed by atoms with Crippen LogP contribution in [0.15, 0.2) is 24.3 Å². The van der Waals surface area contributed by atoms with Crippen LogP contribution < -0.4 is 0 Å². The van der Waals surface area contributed by atoms with E-state index in [4.69, 9.17) is 0 Å². The second kappa shape index (κ2) is 19.7. The average Bonchev–Trinajstić information content (AvgIpc) is 2.88. The van der Waals surface area contributed by atoms with E-state index in [0.29, 0.717) is 23.8 Å². The molecule has 2 aliphatic heterocycles. The van der Waals surface area contributed by atoms with Crippen LogP contribution in [-0.2, 0) is 4.79 Å². The van der Waals surface area contributed by atoms with E-state index in [0.717, 1.165) is 64.3 Å². The summed E-state index contributed by atoms with van der Waals surface area (Å²) >= 11 is 0. The van der Waals surface area contributed by atoms with Crippen LogP contribution in [0.1, 0.15) is 103 Å². The highest BCUT2D eigenvalue weighted by Crippen LogP contribution is 2.29. The van der Waals surface area contributed by atoms with Gasteiger partial charge < -0.3 is 9.80 Å². The van der Waals surface area contributed by atoms with Gasteiger partial charge in [-0.2, -0.15) is 0 Å². The van der Waals surface area contributed by atoms with Crippen molar-refractivity contribution in [3.63, 3.8) is 0 Å². The molecule has 2 saturated heterocycles. The van der Waals surface area contributed by atoms with Gasteiger partial charge in [0, 0.05) is 44.1 Å². The van der Waals surface area contributed by atoms with Crippen molar-refractivity contribution in [2.24, 2.45) is 11.8 Å². The van der Waals surface area contributed by atoms with Gasteiger partial charge in [-0.3, -0.25) is 9.69 Å². The number of piperidine rings is 1. The SMILES string of the molecule is CC(C)N1CCC(CCN2CCN(CCCC(=O)C3CCCCCCC3)CC2c2ccc(F)cc2)CC1.Cl.Cl.Cl. The van der Waals surface area contributed by atoms with E-state index < -0.39 is 0 Å². The molecule has 3 fully saturated rings. The highest BCUT2D eigenvalue weighted by Gasteiger charge is 2.30. The van der Waals surface area contributed by atoms with Gasteiger partial charge in [0.25, 0.3) is 0 Å². The molecule has 8 heteroatoms. The highest BCUT2D eigenvalue weighted by atomic mass is 35.5. The Morgan fingerprint density at radius 2 is 1.48 bits per heavy atom. The van der Waals surface area contributed by atoms with Crippen LogP contribution in [0.5, 0.6) is 0 Å². The average molecular weight is 623 g/mol. The van der Waals surface area contributed by atoms with E-state index in [-0.39, 0.29) is 43.0 Å². The maximum Gasteiger partial charge on any atom is 0.136 e. The lowest BCUT2D eigenvalue weighted by Crippen LogP contribution is -2.49. The molecule has 2 heterocycles. The van der Waals surface area contributed by atoms with Gasteiger partial charge in [-0.15, -0.1) is 37.2 Å². The fourth-order valence-corrected chi connectivity index (χ4v) is 6.91. The highest BCUT2D eigenvalue weighted by molar-refractivity contribution is 5.86. The minimum Gasteiger partial charge on any atom is -0.301 e. The Kier molecular flexibility index (Phi) is 18.5. The maximum absolute atomic E-state index is 13.7. The Balaban J connectivity index is 0.00000267. The number of nitrogens with zero attached hydrogens (tertiary/aromatic N) is 3. The molecule has 0 spiro atoms. The van der Waals surface area contributed by atoms with Crippen molar-refractivity contribution in [3.8, 4) is 0 Å². The zero-order chi connectivity index (χ0) is 26.0.